The van der Waals surface area contributed by atoms with E-state index in [1.165, 1.54) is 10.9 Å². The van der Waals surface area contributed by atoms with Crippen molar-refractivity contribution in [2.24, 2.45) is 5.92 Å². The smallest absolute Gasteiger partial charge is 0.306 e. The van der Waals surface area contributed by atoms with Crippen LogP contribution in [0.2, 0.25) is 5.02 Å². The Labute approximate surface area is 134 Å². The van der Waals surface area contributed by atoms with Crippen molar-refractivity contribution in [3.05, 3.63) is 35.0 Å². The number of carbonyl (C=O) groups is 1. The molecular formula is C17H21ClN2O2. The van der Waals surface area contributed by atoms with E-state index in [4.69, 9.17) is 16.7 Å². The molecule has 4 nitrogen and oxygen atoms in total. The predicted molar refractivity (Wildman–Crippen MR) is 88.4 cm³/mol. The quantitative estimate of drug-likeness (QED) is 0.788. The first-order chi connectivity index (χ1) is 10.6. The van der Waals surface area contributed by atoms with Gasteiger partial charge in [-0.1, -0.05) is 11.6 Å². The van der Waals surface area contributed by atoms with Crippen LogP contribution in [-0.4, -0.2) is 28.6 Å². The summed E-state index contributed by atoms with van der Waals surface area (Å²) in [4.78, 5) is 14.2. The van der Waals surface area contributed by atoms with Gasteiger partial charge in [-0.05, 0) is 62.4 Å². The van der Waals surface area contributed by atoms with E-state index in [0.717, 1.165) is 49.2 Å². The topological polar surface area (TPSA) is 65.1 Å². The minimum Gasteiger partial charge on any atom is -0.481 e. The lowest BCUT2D eigenvalue weighted by molar-refractivity contribution is -0.142. The van der Waals surface area contributed by atoms with Crippen molar-refractivity contribution >= 4 is 28.5 Å². The molecule has 3 rings (SSSR count). The second kappa shape index (κ2) is 6.71. The summed E-state index contributed by atoms with van der Waals surface area (Å²) in [5.41, 5.74) is 2.38. The molecule has 1 aliphatic rings. The maximum absolute atomic E-state index is 10.9. The average molecular weight is 321 g/mol. The molecule has 118 valence electrons. The molecule has 5 heteroatoms. The van der Waals surface area contributed by atoms with Gasteiger partial charge < -0.3 is 15.4 Å². The molecule has 3 N–H and O–H groups in total. The highest BCUT2D eigenvalue weighted by molar-refractivity contribution is 6.31. The number of nitrogens with one attached hydrogen (secondary N) is 2. The van der Waals surface area contributed by atoms with E-state index in [0.29, 0.717) is 6.04 Å². The molecule has 0 unspecified atom stereocenters. The number of aromatic nitrogens is 1. The number of aliphatic carboxylic acids is 1. The van der Waals surface area contributed by atoms with Crippen LogP contribution in [0.5, 0.6) is 0 Å². The molecule has 1 fully saturated rings. The molecule has 1 aromatic heterocycles. The molecule has 0 aliphatic heterocycles. The standard InChI is InChI=1S/C17H21ClN2O2/c18-13-3-6-16-15(9-13)12(10-20-16)7-8-19-14-4-1-11(2-5-14)17(21)22/h3,6,9-11,14,19-20H,1-2,4-5,7-8H2,(H,21,22). The molecule has 0 spiro atoms. The third kappa shape index (κ3) is 3.45. The summed E-state index contributed by atoms with van der Waals surface area (Å²) in [5, 5.41) is 14.5. The Morgan fingerprint density at radius 2 is 2.09 bits per heavy atom. The lowest BCUT2D eigenvalue weighted by Gasteiger charge is -2.26. The van der Waals surface area contributed by atoms with Crippen molar-refractivity contribution in [1.82, 2.24) is 10.3 Å². The number of aromatic amines is 1. The van der Waals surface area contributed by atoms with E-state index >= 15 is 0 Å². The minimum atomic E-state index is -0.644. The molecule has 0 bridgehead atoms. The zero-order chi connectivity index (χ0) is 15.5. The summed E-state index contributed by atoms with van der Waals surface area (Å²) in [6.45, 7) is 0.905. The number of hydrogen-bond acceptors (Lipinski definition) is 2. The first-order valence-corrected chi connectivity index (χ1v) is 8.23. The van der Waals surface area contributed by atoms with Crippen LogP contribution in [0.1, 0.15) is 31.2 Å². The molecule has 1 heterocycles. The van der Waals surface area contributed by atoms with Gasteiger partial charge in [0.25, 0.3) is 0 Å². The maximum Gasteiger partial charge on any atom is 0.306 e. The highest BCUT2D eigenvalue weighted by atomic mass is 35.5. The molecule has 2 aromatic rings. The lowest BCUT2D eigenvalue weighted by Crippen LogP contribution is -2.35. The van der Waals surface area contributed by atoms with Crippen molar-refractivity contribution in [3.8, 4) is 0 Å². The molecule has 1 aliphatic carbocycles. The van der Waals surface area contributed by atoms with Gasteiger partial charge in [0.05, 0.1) is 5.92 Å². The predicted octanol–water partition coefficient (Wildman–Crippen LogP) is 3.60. The van der Waals surface area contributed by atoms with Crippen molar-refractivity contribution in [2.75, 3.05) is 6.54 Å². The minimum absolute atomic E-state index is 0.145. The summed E-state index contributed by atoms with van der Waals surface area (Å²) in [6.07, 6.45) is 6.47. The highest BCUT2D eigenvalue weighted by Gasteiger charge is 2.25. The van der Waals surface area contributed by atoms with Gasteiger partial charge in [-0.15, -0.1) is 0 Å². The maximum atomic E-state index is 10.9. The number of carboxylic acid groups (broad SMARTS) is 1. The van der Waals surface area contributed by atoms with Crippen LogP contribution in [0.15, 0.2) is 24.4 Å². The number of benzene rings is 1. The van der Waals surface area contributed by atoms with Crippen molar-refractivity contribution < 1.29 is 9.90 Å². The lowest BCUT2D eigenvalue weighted by atomic mass is 9.86. The monoisotopic (exact) mass is 320 g/mol. The Balaban J connectivity index is 1.51. The number of halogens is 1. The van der Waals surface area contributed by atoms with Gasteiger partial charge >= 0.3 is 5.97 Å². The van der Waals surface area contributed by atoms with E-state index in [1.54, 1.807) is 0 Å². The zero-order valence-electron chi connectivity index (χ0n) is 12.4. The molecule has 1 saturated carbocycles. The van der Waals surface area contributed by atoms with Crippen LogP contribution in [0, 0.1) is 5.92 Å². The Morgan fingerprint density at radius 3 is 2.82 bits per heavy atom. The molecule has 0 atom stereocenters. The summed E-state index contributed by atoms with van der Waals surface area (Å²) >= 11 is 6.07. The summed E-state index contributed by atoms with van der Waals surface area (Å²) in [7, 11) is 0. The van der Waals surface area contributed by atoms with Gasteiger partial charge in [0.15, 0.2) is 0 Å². The Hall–Kier alpha value is -1.52. The van der Waals surface area contributed by atoms with Crippen LogP contribution in [0.25, 0.3) is 10.9 Å². The average Bonchev–Trinajstić information content (AvgIpc) is 2.90. The van der Waals surface area contributed by atoms with Crippen LogP contribution >= 0.6 is 11.6 Å². The second-order valence-electron chi connectivity index (χ2n) is 6.09. The Kier molecular flexibility index (Phi) is 4.69. The van der Waals surface area contributed by atoms with E-state index in [9.17, 15) is 4.79 Å². The molecule has 22 heavy (non-hydrogen) atoms. The van der Waals surface area contributed by atoms with Crippen LogP contribution in [0.3, 0.4) is 0 Å². The van der Waals surface area contributed by atoms with Gasteiger partial charge in [-0.3, -0.25) is 4.79 Å². The van der Waals surface area contributed by atoms with Gasteiger partial charge in [0, 0.05) is 28.2 Å². The number of H-pyrrole nitrogens is 1. The van der Waals surface area contributed by atoms with Gasteiger partial charge in [-0.2, -0.15) is 0 Å². The van der Waals surface area contributed by atoms with E-state index in [1.807, 2.05) is 24.4 Å². The summed E-state index contributed by atoms with van der Waals surface area (Å²) in [6, 6.07) is 6.34. The number of hydrogen-bond donors (Lipinski definition) is 3. The van der Waals surface area contributed by atoms with Gasteiger partial charge in [0.1, 0.15) is 0 Å². The second-order valence-corrected chi connectivity index (χ2v) is 6.53. The Bertz CT molecular complexity index is 660. The normalized spacial score (nSPS) is 22.0. The molecule has 0 radical (unpaired) electrons. The van der Waals surface area contributed by atoms with Crippen molar-refractivity contribution in [1.29, 1.82) is 0 Å². The SMILES string of the molecule is O=C(O)C1CCC(NCCc2c[nH]c3ccc(Cl)cc23)CC1. The van der Waals surface area contributed by atoms with Crippen LogP contribution in [0.4, 0.5) is 0 Å². The van der Waals surface area contributed by atoms with E-state index in [2.05, 4.69) is 10.3 Å². The van der Waals surface area contributed by atoms with Crippen LogP contribution in [-0.2, 0) is 11.2 Å². The highest BCUT2D eigenvalue weighted by Crippen LogP contribution is 2.25. The first kappa shape index (κ1) is 15.4. The fourth-order valence-electron chi connectivity index (χ4n) is 3.31. The van der Waals surface area contributed by atoms with Crippen LogP contribution < -0.4 is 5.32 Å². The van der Waals surface area contributed by atoms with Crippen molar-refractivity contribution in [3.63, 3.8) is 0 Å². The molecule has 0 amide bonds. The third-order valence-corrected chi connectivity index (χ3v) is 4.87. The largest absolute Gasteiger partial charge is 0.481 e. The number of carboxylic acids is 1. The summed E-state index contributed by atoms with van der Waals surface area (Å²) < 4.78 is 0. The fraction of sp³-hybridized carbons (Fsp3) is 0.471. The van der Waals surface area contributed by atoms with Gasteiger partial charge in [0.2, 0.25) is 0 Å². The molecular weight excluding hydrogens is 300 g/mol. The molecule has 1 aromatic carbocycles. The Morgan fingerprint density at radius 1 is 1.32 bits per heavy atom. The molecule has 0 saturated heterocycles. The van der Waals surface area contributed by atoms with Crippen molar-refractivity contribution in [2.45, 2.75) is 38.1 Å². The third-order valence-electron chi connectivity index (χ3n) is 4.63. The van der Waals surface area contributed by atoms with E-state index in [-0.39, 0.29) is 5.92 Å². The van der Waals surface area contributed by atoms with Gasteiger partial charge in [-0.25, -0.2) is 0 Å². The summed E-state index contributed by atoms with van der Waals surface area (Å²) in [5.74, 6) is -0.789. The fourth-order valence-corrected chi connectivity index (χ4v) is 3.49. The van der Waals surface area contributed by atoms with E-state index < -0.39 is 5.97 Å². The number of fused-ring (bicyclic) bond motifs is 1. The first-order valence-electron chi connectivity index (χ1n) is 7.85. The number of rotatable bonds is 5. The zero-order valence-corrected chi connectivity index (χ0v) is 13.2.